The highest BCUT2D eigenvalue weighted by molar-refractivity contribution is 6.07. The monoisotopic (exact) mass is 436 g/mol. The summed E-state index contributed by atoms with van der Waals surface area (Å²) in [7, 11) is 0. The maximum Gasteiger partial charge on any atom is 0.185 e. The molecule has 0 saturated carbocycles. The number of aromatic hydroxyl groups is 1. The Morgan fingerprint density at radius 2 is 1.59 bits per heavy atom. The number of carbonyl (C=O) groups is 1. The van der Waals surface area contributed by atoms with Crippen LogP contribution in [0.5, 0.6) is 17.2 Å². The molecule has 4 nitrogen and oxygen atoms in total. The van der Waals surface area contributed by atoms with Crippen molar-refractivity contribution in [3.05, 3.63) is 71.8 Å². The van der Waals surface area contributed by atoms with Gasteiger partial charge >= 0.3 is 0 Å². The largest absolute Gasteiger partial charge is 0.508 e. The number of phenols is 1. The molecular weight excluding hydrogens is 400 g/mol. The number of hydrogen-bond donors (Lipinski definition) is 1. The molecular formula is C28H36O4. The zero-order valence-electron chi connectivity index (χ0n) is 19.8. The van der Waals surface area contributed by atoms with E-state index in [1.54, 1.807) is 18.2 Å². The average Bonchev–Trinajstić information content (AvgIpc) is 2.78. The molecule has 32 heavy (non-hydrogen) atoms. The third-order valence-corrected chi connectivity index (χ3v) is 5.39. The van der Waals surface area contributed by atoms with Gasteiger partial charge in [-0.1, -0.05) is 46.6 Å². The Kier molecular flexibility index (Phi) is 9.58. The van der Waals surface area contributed by atoms with Gasteiger partial charge in [0.25, 0.3) is 0 Å². The fraction of sp³-hybridized carbons (Fsp3) is 0.393. The Morgan fingerprint density at radius 3 is 2.16 bits per heavy atom. The predicted molar refractivity (Wildman–Crippen MR) is 132 cm³/mol. The first-order chi connectivity index (χ1) is 15.3. The third-order valence-electron chi connectivity index (χ3n) is 5.39. The van der Waals surface area contributed by atoms with Gasteiger partial charge in [-0.15, -0.1) is 6.58 Å². The van der Waals surface area contributed by atoms with Crippen molar-refractivity contribution >= 4 is 11.9 Å². The molecule has 0 unspecified atom stereocenters. The lowest BCUT2D eigenvalue weighted by atomic mass is 9.83. The summed E-state index contributed by atoms with van der Waals surface area (Å²) >= 11 is 0. The summed E-state index contributed by atoms with van der Waals surface area (Å²) in [6, 6.07) is 10.2. The van der Waals surface area contributed by atoms with Crippen LogP contribution in [0.3, 0.4) is 0 Å². The standard InChI is InChI=1S/C28H36O4/c1-6-9-17-31-26-20-27(32-18-10-7-2)24(28(4,5)8-3)19-22(26)13-16-25(30)21-11-14-23(29)15-12-21/h8,11-16,19-20,29H,3,6-7,9-10,17-18H2,1-2,4-5H3. The van der Waals surface area contributed by atoms with Crippen LogP contribution >= 0.6 is 0 Å². The van der Waals surface area contributed by atoms with Crippen LogP contribution in [0.4, 0.5) is 0 Å². The smallest absolute Gasteiger partial charge is 0.185 e. The molecule has 1 N–H and O–H groups in total. The number of phenolic OH excluding ortho intramolecular Hbond substituents is 1. The van der Waals surface area contributed by atoms with E-state index in [0.717, 1.165) is 42.6 Å². The summed E-state index contributed by atoms with van der Waals surface area (Å²) in [5, 5.41) is 9.45. The summed E-state index contributed by atoms with van der Waals surface area (Å²) in [5.41, 5.74) is 2.02. The Morgan fingerprint density at radius 1 is 1.00 bits per heavy atom. The van der Waals surface area contributed by atoms with Crippen LogP contribution in [0.15, 0.2) is 55.1 Å². The average molecular weight is 437 g/mol. The van der Waals surface area contributed by atoms with Crippen LogP contribution in [-0.4, -0.2) is 24.1 Å². The van der Waals surface area contributed by atoms with Gasteiger partial charge in [0.1, 0.15) is 17.2 Å². The quantitative estimate of drug-likeness (QED) is 0.157. The third kappa shape index (κ3) is 7.01. The second-order valence-electron chi connectivity index (χ2n) is 8.46. The molecule has 0 saturated heterocycles. The normalized spacial score (nSPS) is 11.5. The van der Waals surface area contributed by atoms with Gasteiger partial charge in [-0.25, -0.2) is 0 Å². The zero-order chi connectivity index (χ0) is 23.6. The number of benzene rings is 2. The van der Waals surface area contributed by atoms with Gasteiger partial charge in [-0.05, 0) is 55.3 Å². The van der Waals surface area contributed by atoms with Gasteiger partial charge in [0, 0.05) is 28.2 Å². The fourth-order valence-corrected chi connectivity index (χ4v) is 3.11. The molecule has 0 radical (unpaired) electrons. The molecule has 2 aromatic carbocycles. The second kappa shape index (κ2) is 12.1. The van der Waals surface area contributed by atoms with Crippen LogP contribution < -0.4 is 9.47 Å². The van der Waals surface area contributed by atoms with Crippen LogP contribution in [0.25, 0.3) is 6.08 Å². The van der Waals surface area contributed by atoms with Gasteiger partial charge in [0.05, 0.1) is 13.2 Å². The van der Waals surface area contributed by atoms with Crippen molar-refractivity contribution < 1.29 is 19.4 Å². The molecule has 4 heteroatoms. The van der Waals surface area contributed by atoms with Gasteiger partial charge in [-0.3, -0.25) is 4.79 Å². The number of allylic oxidation sites excluding steroid dienone is 2. The summed E-state index contributed by atoms with van der Waals surface area (Å²) in [6.07, 6.45) is 9.24. The summed E-state index contributed by atoms with van der Waals surface area (Å²) in [6.45, 7) is 13.7. The molecule has 0 spiro atoms. The van der Waals surface area contributed by atoms with E-state index in [1.165, 1.54) is 18.2 Å². The highest BCUT2D eigenvalue weighted by atomic mass is 16.5. The van der Waals surface area contributed by atoms with Crippen LogP contribution in [0.2, 0.25) is 0 Å². The van der Waals surface area contributed by atoms with Gasteiger partial charge in [-0.2, -0.15) is 0 Å². The van der Waals surface area contributed by atoms with Crippen molar-refractivity contribution in [3.63, 3.8) is 0 Å². The Bertz CT molecular complexity index is 923. The van der Waals surface area contributed by atoms with Gasteiger partial charge in [0.2, 0.25) is 0 Å². The number of ether oxygens (including phenoxy) is 2. The van der Waals surface area contributed by atoms with E-state index in [1.807, 2.05) is 18.2 Å². The Hall–Kier alpha value is -3.01. The van der Waals surface area contributed by atoms with Crippen molar-refractivity contribution in [3.8, 4) is 17.2 Å². The molecule has 0 aliphatic carbocycles. The van der Waals surface area contributed by atoms with E-state index < -0.39 is 0 Å². The molecule has 0 aliphatic heterocycles. The maximum atomic E-state index is 12.6. The molecule has 172 valence electrons. The van der Waals surface area contributed by atoms with Gasteiger partial charge < -0.3 is 14.6 Å². The van der Waals surface area contributed by atoms with Crippen LogP contribution in [0, 0.1) is 0 Å². The molecule has 2 rings (SSSR count). The van der Waals surface area contributed by atoms with Crippen molar-refractivity contribution in [1.29, 1.82) is 0 Å². The van der Waals surface area contributed by atoms with Gasteiger partial charge in [0.15, 0.2) is 5.78 Å². The predicted octanol–water partition coefficient (Wildman–Crippen LogP) is 7.11. The first kappa shape index (κ1) is 25.3. The van der Waals surface area contributed by atoms with Crippen LogP contribution in [0.1, 0.15) is 74.9 Å². The first-order valence-electron chi connectivity index (χ1n) is 11.4. The minimum Gasteiger partial charge on any atom is -0.508 e. The molecule has 0 bridgehead atoms. The molecule has 0 atom stereocenters. The molecule has 0 aromatic heterocycles. The van der Waals surface area contributed by atoms with Crippen molar-refractivity contribution in [2.24, 2.45) is 0 Å². The van der Waals surface area contributed by atoms with E-state index in [4.69, 9.17) is 9.47 Å². The van der Waals surface area contributed by atoms with E-state index in [2.05, 4.69) is 34.3 Å². The highest BCUT2D eigenvalue weighted by Crippen LogP contribution is 2.38. The molecule has 0 heterocycles. The number of unbranched alkanes of at least 4 members (excludes halogenated alkanes) is 2. The topological polar surface area (TPSA) is 55.8 Å². The minimum atomic E-state index is -0.312. The Balaban J connectivity index is 2.46. The lowest BCUT2D eigenvalue weighted by molar-refractivity contribution is 0.104. The van der Waals surface area contributed by atoms with E-state index in [0.29, 0.717) is 24.5 Å². The van der Waals surface area contributed by atoms with Crippen LogP contribution in [-0.2, 0) is 5.41 Å². The number of rotatable bonds is 13. The van der Waals surface area contributed by atoms with Crippen molar-refractivity contribution in [2.45, 2.75) is 58.8 Å². The van der Waals surface area contributed by atoms with E-state index >= 15 is 0 Å². The van der Waals surface area contributed by atoms with Crippen molar-refractivity contribution in [1.82, 2.24) is 0 Å². The fourth-order valence-electron chi connectivity index (χ4n) is 3.11. The molecule has 0 amide bonds. The lowest BCUT2D eigenvalue weighted by Gasteiger charge is -2.25. The number of carbonyl (C=O) groups excluding carboxylic acids is 1. The maximum absolute atomic E-state index is 12.6. The van der Waals surface area contributed by atoms with E-state index in [9.17, 15) is 9.90 Å². The Labute approximate surface area is 192 Å². The van der Waals surface area contributed by atoms with E-state index in [-0.39, 0.29) is 16.9 Å². The molecule has 2 aromatic rings. The second-order valence-corrected chi connectivity index (χ2v) is 8.46. The lowest BCUT2D eigenvalue weighted by Crippen LogP contribution is -2.16. The summed E-state index contributed by atoms with van der Waals surface area (Å²) < 4.78 is 12.2. The number of hydrogen-bond acceptors (Lipinski definition) is 4. The SMILES string of the molecule is C=CC(C)(C)c1cc(C=CC(=O)c2ccc(O)cc2)c(OCCCC)cc1OCCCC. The molecule has 0 aliphatic rings. The minimum absolute atomic E-state index is 0.132. The zero-order valence-corrected chi connectivity index (χ0v) is 19.8. The first-order valence-corrected chi connectivity index (χ1v) is 11.4. The molecule has 0 fully saturated rings. The number of ketones is 1. The summed E-state index contributed by atoms with van der Waals surface area (Å²) in [4.78, 5) is 12.6. The highest BCUT2D eigenvalue weighted by Gasteiger charge is 2.23. The van der Waals surface area contributed by atoms with Crippen molar-refractivity contribution in [2.75, 3.05) is 13.2 Å². The summed E-state index contributed by atoms with van der Waals surface area (Å²) in [5.74, 6) is 1.48.